The van der Waals surface area contributed by atoms with Crippen molar-refractivity contribution in [1.82, 2.24) is 0 Å². The Bertz CT molecular complexity index is 553. The van der Waals surface area contributed by atoms with Gasteiger partial charge in [0.2, 0.25) is 0 Å². The summed E-state index contributed by atoms with van der Waals surface area (Å²) < 4.78 is 53.2. The number of hydrogen-bond donors (Lipinski definition) is 0. The summed E-state index contributed by atoms with van der Waals surface area (Å²) in [5, 5.41) is 0. The topological polar surface area (TPSA) is 0 Å². The molecule has 2 aromatic carbocycles. The first-order valence-electron chi connectivity index (χ1n) is 4.82. The smallest absolute Gasteiger partial charge is 0.134 e. The van der Waals surface area contributed by atoms with Crippen LogP contribution in [-0.4, -0.2) is 0 Å². The molecule has 0 aliphatic carbocycles. The van der Waals surface area contributed by atoms with Crippen LogP contribution >= 0.6 is 0 Å². The van der Waals surface area contributed by atoms with Crippen LogP contribution in [0.15, 0.2) is 24.3 Å². The second-order valence-electron chi connectivity index (χ2n) is 3.64. The summed E-state index contributed by atoms with van der Waals surface area (Å²) in [7, 11) is 0. The second-order valence-corrected chi connectivity index (χ2v) is 3.64. The van der Waals surface area contributed by atoms with Crippen LogP contribution in [0.25, 0.3) is 11.1 Å². The van der Waals surface area contributed by atoms with Gasteiger partial charge in [0.15, 0.2) is 0 Å². The average molecular weight is 239 g/mol. The molecule has 0 heterocycles. The van der Waals surface area contributed by atoms with Crippen LogP contribution in [0, 0.1) is 36.3 Å². The van der Waals surface area contributed by atoms with Gasteiger partial charge in [0, 0.05) is 11.6 Å². The molecule has 0 atom stereocenters. The van der Waals surface area contributed by atoms with E-state index in [1.807, 2.05) is 0 Å². The maximum atomic E-state index is 13.6. The van der Waals surface area contributed by atoms with Crippen LogP contribution in [0.1, 0.15) is 5.56 Å². The molecule has 0 unspecified atom stereocenters. The van der Waals surface area contributed by atoms with E-state index in [1.54, 1.807) is 0 Å². The lowest BCUT2D eigenvalue weighted by molar-refractivity contribution is 0.570. The zero-order chi connectivity index (χ0) is 12.6. The highest BCUT2D eigenvalue weighted by atomic mass is 19.1. The largest absolute Gasteiger partial charge is 0.207 e. The predicted molar refractivity (Wildman–Crippen MR) is 55.3 cm³/mol. The quantitative estimate of drug-likeness (QED) is 0.659. The van der Waals surface area contributed by atoms with Gasteiger partial charge in [-0.1, -0.05) is 0 Å². The van der Waals surface area contributed by atoms with Gasteiger partial charge >= 0.3 is 0 Å². The molecule has 0 saturated heterocycles. The van der Waals surface area contributed by atoms with Gasteiger partial charge in [-0.15, -0.1) is 0 Å². The van der Waals surface area contributed by atoms with Crippen molar-refractivity contribution < 1.29 is 17.6 Å². The zero-order valence-electron chi connectivity index (χ0n) is 8.82. The molecule has 4 heteroatoms. The van der Waals surface area contributed by atoms with E-state index in [2.05, 4.69) is 6.07 Å². The van der Waals surface area contributed by atoms with Crippen LogP contribution < -0.4 is 0 Å². The van der Waals surface area contributed by atoms with E-state index < -0.39 is 34.4 Å². The van der Waals surface area contributed by atoms with E-state index in [4.69, 9.17) is 0 Å². The molecule has 87 valence electrons. The van der Waals surface area contributed by atoms with Gasteiger partial charge in [-0.25, -0.2) is 17.6 Å². The van der Waals surface area contributed by atoms with Crippen molar-refractivity contribution in [1.29, 1.82) is 0 Å². The van der Waals surface area contributed by atoms with E-state index >= 15 is 0 Å². The third-order valence-corrected chi connectivity index (χ3v) is 2.29. The van der Waals surface area contributed by atoms with Crippen LogP contribution in [0.2, 0.25) is 0 Å². The third kappa shape index (κ3) is 2.16. The summed E-state index contributed by atoms with van der Waals surface area (Å²) >= 11 is 0. The number of benzene rings is 2. The number of halogens is 4. The van der Waals surface area contributed by atoms with Crippen LogP contribution in [0.3, 0.4) is 0 Å². The molecule has 0 bridgehead atoms. The minimum atomic E-state index is -1.05. The van der Waals surface area contributed by atoms with E-state index in [-0.39, 0.29) is 0 Å². The fraction of sp³-hybridized carbons (Fsp3) is 0.0769. The Morgan fingerprint density at radius 1 is 0.882 bits per heavy atom. The Labute approximate surface area is 95.5 Å². The minimum absolute atomic E-state index is 0.381. The van der Waals surface area contributed by atoms with Crippen molar-refractivity contribution in [2.45, 2.75) is 6.92 Å². The first-order valence-corrected chi connectivity index (χ1v) is 4.82. The first kappa shape index (κ1) is 11.6. The van der Waals surface area contributed by atoms with Gasteiger partial charge in [-0.05, 0) is 36.8 Å². The van der Waals surface area contributed by atoms with Crippen molar-refractivity contribution >= 4 is 0 Å². The molecule has 0 amide bonds. The molecule has 0 aliphatic heterocycles. The summed E-state index contributed by atoms with van der Waals surface area (Å²) in [5.74, 6) is -3.70. The lowest BCUT2D eigenvalue weighted by Gasteiger charge is -2.07. The summed E-state index contributed by atoms with van der Waals surface area (Å²) in [6.45, 7) is 1.51. The highest BCUT2D eigenvalue weighted by Crippen LogP contribution is 2.29. The van der Waals surface area contributed by atoms with Gasteiger partial charge in [0.05, 0.1) is 5.56 Å². The summed E-state index contributed by atoms with van der Waals surface area (Å²) in [5.41, 5.74) is -0.569. The highest BCUT2D eigenvalue weighted by Gasteiger charge is 2.16. The third-order valence-electron chi connectivity index (χ3n) is 2.29. The van der Waals surface area contributed by atoms with Gasteiger partial charge in [0.1, 0.15) is 23.3 Å². The monoisotopic (exact) mass is 239 g/mol. The minimum Gasteiger partial charge on any atom is -0.207 e. The Hall–Kier alpha value is -1.84. The molecule has 0 aliphatic rings. The van der Waals surface area contributed by atoms with Crippen LogP contribution in [0.5, 0.6) is 0 Å². The predicted octanol–water partition coefficient (Wildman–Crippen LogP) is 4.02. The molecule has 1 radical (unpaired) electrons. The SMILES string of the molecule is Cc1cc(F)c(-c2[c]cc(F)cc2F)c(F)c1. The standard InChI is InChI=1S/C13H7F4/c1-7-4-11(16)13(12(17)5-7)9-3-2-8(14)6-10(9)15/h2,4-6H,1H3. The molecule has 0 N–H and O–H groups in total. The van der Waals surface area contributed by atoms with E-state index in [9.17, 15) is 17.6 Å². The molecular formula is C13H7F4. The first-order chi connectivity index (χ1) is 7.99. The molecule has 0 spiro atoms. The van der Waals surface area contributed by atoms with Gasteiger partial charge < -0.3 is 0 Å². The second kappa shape index (κ2) is 4.20. The van der Waals surface area contributed by atoms with Crippen molar-refractivity contribution in [3.05, 3.63) is 59.2 Å². The van der Waals surface area contributed by atoms with Crippen LogP contribution in [-0.2, 0) is 0 Å². The lowest BCUT2D eigenvalue weighted by atomic mass is 10.0. The van der Waals surface area contributed by atoms with Crippen molar-refractivity contribution in [2.24, 2.45) is 0 Å². The Kier molecular flexibility index (Phi) is 2.88. The number of rotatable bonds is 1. The Balaban J connectivity index is 2.68. The molecule has 0 nitrogen and oxygen atoms in total. The maximum Gasteiger partial charge on any atom is 0.134 e. The van der Waals surface area contributed by atoms with Gasteiger partial charge in [0.25, 0.3) is 0 Å². The van der Waals surface area contributed by atoms with Crippen LogP contribution in [0.4, 0.5) is 17.6 Å². The molecule has 17 heavy (non-hydrogen) atoms. The van der Waals surface area contributed by atoms with Gasteiger partial charge in [-0.2, -0.15) is 0 Å². The Morgan fingerprint density at radius 2 is 1.47 bits per heavy atom. The van der Waals surface area contributed by atoms with E-state index in [0.29, 0.717) is 11.6 Å². The Morgan fingerprint density at radius 3 is 2.00 bits per heavy atom. The van der Waals surface area contributed by atoms with Gasteiger partial charge in [-0.3, -0.25) is 0 Å². The van der Waals surface area contributed by atoms with E-state index in [0.717, 1.165) is 18.2 Å². The highest BCUT2D eigenvalue weighted by molar-refractivity contribution is 5.65. The zero-order valence-corrected chi connectivity index (χ0v) is 8.82. The summed E-state index contributed by atoms with van der Waals surface area (Å²) in [6, 6.07) is 5.74. The fourth-order valence-corrected chi connectivity index (χ4v) is 1.58. The fourth-order valence-electron chi connectivity index (χ4n) is 1.58. The van der Waals surface area contributed by atoms with E-state index in [1.165, 1.54) is 6.92 Å². The molecule has 0 fully saturated rings. The van der Waals surface area contributed by atoms with Crippen molar-refractivity contribution in [3.8, 4) is 11.1 Å². The molecule has 0 saturated carbocycles. The molecular weight excluding hydrogens is 232 g/mol. The van der Waals surface area contributed by atoms with Crippen molar-refractivity contribution in [2.75, 3.05) is 0 Å². The number of hydrogen-bond acceptors (Lipinski definition) is 0. The summed E-state index contributed by atoms with van der Waals surface area (Å²) in [6.07, 6.45) is 0. The maximum absolute atomic E-state index is 13.6. The van der Waals surface area contributed by atoms with Crippen molar-refractivity contribution in [3.63, 3.8) is 0 Å². The molecule has 2 rings (SSSR count). The average Bonchev–Trinajstić information content (AvgIpc) is 2.19. The number of aryl methyl sites for hydroxylation is 1. The molecule has 0 aromatic heterocycles. The normalized spacial score (nSPS) is 10.6. The lowest BCUT2D eigenvalue weighted by Crippen LogP contribution is -1.95. The molecule has 2 aromatic rings. The summed E-state index contributed by atoms with van der Waals surface area (Å²) in [4.78, 5) is 0.